The van der Waals surface area contributed by atoms with Gasteiger partial charge in [-0.1, -0.05) is 20.3 Å². The quantitative estimate of drug-likeness (QED) is 0.813. The maximum Gasteiger partial charge on any atom is 0.251 e. The van der Waals surface area contributed by atoms with Gasteiger partial charge in [0.25, 0.3) is 5.91 Å². The van der Waals surface area contributed by atoms with Gasteiger partial charge >= 0.3 is 0 Å². The zero-order valence-electron chi connectivity index (χ0n) is 11.3. The number of nitrogens with one attached hydrogen (secondary N) is 1. The lowest BCUT2D eigenvalue weighted by molar-refractivity contribution is 0.0926. The third-order valence-electron chi connectivity index (χ3n) is 4.28. The van der Waals surface area contributed by atoms with Crippen LogP contribution in [-0.4, -0.2) is 11.9 Å². The molecule has 0 bridgehead atoms. The van der Waals surface area contributed by atoms with Crippen LogP contribution in [0, 0.1) is 17.7 Å². The maximum absolute atomic E-state index is 13.1. The van der Waals surface area contributed by atoms with Crippen LogP contribution in [0.1, 0.15) is 43.5 Å². The average molecular weight is 281 g/mol. The number of carbonyl (C=O) groups is 1. The molecule has 0 aromatic heterocycles. The number of hydrogen-bond acceptors (Lipinski definition) is 2. The molecule has 3 atom stereocenters. The first kappa shape index (κ1) is 14.4. The molecule has 1 fully saturated rings. The highest BCUT2D eigenvalue weighted by molar-refractivity contribution is 7.80. The molecule has 0 radical (unpaired) electrons. The fourth-order valence-corrected chi connectivity index (χ4v) is 3.15. The molecule has 1 N–H and O–H groups in total. The summed E-state index contributed by atoms with van der Waals surface area (Å²) < 4.78 is 13.1. The van der Waals surface area contributed by atoms with Gasteiger partial charge in [-0.3, -0.25) is 4.79 Å². The van der Waals surface area contributed by atoms with Crippen molar-refractivity contribution in [2.24, 2.45) is 11.8 Å². The first-order chi connectivity index (χ1) is 9.02. The Morgan fingerprint density at radius 1 is 1.47 bits per heavy atom. The summed E-state index contributed by atoms with van der Waals surface area (Å²) in [7, 11) is 0. The van der Waals surface area contributed by atoms with Crippen molar-refractivity contribution in [2.45, 2.75) is 44.0 Å². The van der Waals surface area contributed by atoms with Crippen molar-refractivity contribution >= 4 is 18.5 Å². The van der Waals surface area contributed by atoms with Crippen LogP contribution in [-0.2, 0) is 0 Å². The van der Waals surface area contributed by atoms with Crippen molar-refractivity contribution in [3.05, 3.63) is 29.6 Å². The number of hydrogen-bond donors (Lipinski definition) is 2. The first-order valence-electron chi connectivity index (χ1n) is 6.82. The molecule has 1 saturated carbocycles. The third kappa shape index (κ3) is 3.11. The van der Waals surface area contributed by atoms with Crippen LogP contribution in [0.15, 0.2) is 23.1 Å². The molecule has 3 unspecified atom stereocenters. The molecule has 2 nitrogen and oxygen atoms in total. The van der Waals surface area contributed by atoms with E-state index in [1.807, 2.05) is 0 Å². The minimum absolute atomic E-state index is 0.135. The van der Waals surface area contributed by atoms with Gasteiger partial charge in [-0.15, -0.1) is 12.6 Å². The normalized spacial score (nSPS) is 26.4. The summed E-state index contributed by atoms with van der Waals surface area (Å²) >= 11 is 4.00. The Morgan fingerprint density at radius 3 is 2.79 bits per heavy atom. The van der Waals surface area contributed by atoms with Gasteiger partial charge in [0.2, 0.25) is 0 Å². The van der Waals surface area contributed by atoms with Gasteiger partial charge in [0.15, 0.2) is 0 Å². The van der Waals surface area contributed by atoms with Gasteiger partial charge in [0, 0.05) is 16.5 Å². The van der Waals surface area contributed by atoms with Crippen LogP contribution in [0.4, 0.5) is 4.39 Å². The van der Waals surface area contributed by atoms with Gasteiger partial charge in [-0.25, -0.2) is 4.39 Å². The molecule has 1 aliphatic carbocycles. The largest absolute Gasteiger partial charge is 0.349 e. The van der Waals surface area contributed by atoms with E-state index in [0.717, 1.165) is 12.8 Å². The average Bonchev–Trinajstić information content (AvgIpc) is 2.73. The van der Waals surface area contributed by atoms with Gasteiger partial charge in [-0.2, -0.15) is 0 Å². The monoisotopic (exact) mass is 281 g/mol. The molecular formula is C15H20FNOS. The summed E-state index contributed by atoms with van der Waals surface area (Å²) in [5, 5.41) is 3.06. The highest BCUT2D eigenvalue weighted by Crippen LogP contribution is 2.34. The lowest BCUT2D eigenvalue weighted by Gasteiger charge is -2.21. The molecule has 1 aromatic carbocycles. The molecule has 0 saturated heterocycles. The molecule has 0 spiro atoms. The van der Waals surface area contributed by atoms with Crippen molar-refractivity contribution in [3.63, 3.8) is 0 Å². The smallest absolute Gasteiger partial charge is 0.251 e. The predicted molar refractivity (Wildman–Crippen MR) is 77.1 cm³/mol. The van der Waals surface area contributed by atoms with Crippen LogP contribution >= 0.6 is 12.6 Å². The van der Waals surface area contributed by atoms with E-state index in [9.17, 15) is 9.18 Å². The molecule has 104 valence electrons. The second kappa shape index (κ2) is 5.95. The standard InChI is InChI=1S/C15H20FNOS/c1-3-10-5-7-13(9(10)2)17-15(18)11-4-6-12(16)14(19)8-11/h4,6,8-10,13,19H,3,5,7H2,1-2H3,(H,17,18). The number of halogens is 1. The Kier molecular flexibility index (Phi) is 4.50. The molecule has 0 heterocycles. The lowest BCUT2D eigenvalue weighted by atomic mass is 9.93. The van der Waals surface area contributed by atoms with E-state index >= 15 is 0 Å². The fraction of sp³-hybridized carbons (Fsp3) is 0.533. The molecule has 4 heteroatoms. The Morgan fingerprint density at radius 2 is 2.21 bits per heavy atom. The number of amides is 1. The number of carbonyl (C=O) groups excluding carboxylic acids is 1. The molecule has 1 aliphatic rings. The Bertz CT molecular complexity index is 477. The minimum Gasteiger partial charge on any atom is -0.349 e. The fourth-order valence-electron chi connectivity index (χ4n) is 2.93. The second-order valence-electron chi connectivity index (χ2n) is 5.35. The Hall–Kier alpha value is -1.03. The number of benzene rings is 1. The van der Waals surface area contributed by atoms with Crippen molar-refractivity contribution in [2.75, 3.05) is 0 Å². The highest BCUT2D eigenvalue weighted by Gasteiger charge is 2.32. The molecule has 1 aromatic rings. The zero-order chi connectivity index (χ0) is 14.0. The summed E-state index contributed by atoms with van der Waals surface area (Å²) in [6, 6.07) is 4.49. The van der Waals surface area contributed by atoms with Crippen LogP contribution in [0.2, 0.25) is 0 Å². The van der Waals surface area contributed by atoms with Crippen LogP contribution in [0.3, 0.4) is 0 Å². The van der Waals surface area contributed by atoms with E-state index in [1.165, 1.54) is 24.6 Å². The number of thiol groups is 1. The minimum atomic E-state index is -0.403. The van der Waals surface area contributed by atoms with Crippen molar-refractivity contribution in [1.82, 2.24) is 5.32 Å². The van der Waals surface area contributed by atoms with Crippen LogP contribution in [0.25, 0.3) is 0 Å². The van der Waals surface area contributed by atoms with E-state index in [4.69, 9.17) is 0 Å². The topological polar surface area (TPSA) is 29.1 Å². The molecule has 1 amide bonds. The summed E-state index contributed by atoms with van der Waals surface area (Å²) in [6.45, 7) is 4.39. The SMILES string of the molecule is CCC1CCC(NC(=O)c2ccc(F)c(S)c2)C1C. The van der Waals surface area contributed by atoms with Gasteiger partial charge in [0.1, 0.15) is 5.82 Å². The van der Waals surface area contributed by atoms with Crippen LogP contribution < -0.4 is 5.32 Å². The number of rotatable bonds is 3. The zero-order valence-corrected chi connectivity index (χ0v) is 12.2. The van der Waals surface area contributed by atoms with E-state index in [0.29, 0.717) is 17.4 Å². The van der Waals surface area contributed by atoms with Crippen molar-refractivity contribution < 1.29 is 9.18 Å². The van der Waals surface area contributed by atoms with Gasteiger partial charge < -0.3 is 5.32 Å². The van der Waals surface area contributed by atoms with E-state index in [1.54, 1.807) is 0 Å². The van der Waals surface area contributed by atoms with Gasteiger partial charge in [0.05, 0.1) is 0 Å². The summed E-state index contributed by atoms with van der Waals surface area (Å²) in [5.74, 6) is 0.660. The molecule has 2 rings (SSSR count). The van der Waals surface area contributed by atoms with Crippen molar-refractivity contribution in [1.29, 1.82) is 0 Å². The van der Waals surface area contributed by atoms with E-state index < -0.39 is 5.82 Å². The maximum atomic E-state index is 13.1. The summed E-state index contributed by atoms with van der Waals surface area (Å²) in [6.07, 6.45) is 3.36. The lowest BCUT2D eigenvalue weighted by Crippen LogP contribution is -2.37. The molecular weight excluding hydrogens is 261 g/mol. The van der Waals surface area contributed by atoms with E-state index in [-0.39, 0.29) is 16.8 Å². The molecule has 19 heavy (non-hydrogen) atoms. The Labute approximate surface area is 119 Å². The Balaban J connectivity index is 2.03. The summed E-state index contributed by atoms with van der Waals surface area (Å²) in [5.41, 5.74) is 0.471. The van der Waals surface area contributed by atoms with E-state index in [2.05, 4.69) is 31.8 Å². The second-order valence-corrected chi connectivity index (χ2v) is 5.83. The highest BCUT2D eigenvalue weighted by atomic mass is 32.1. The van der Waals surface area contributed by atoms with Crippen LogP contribution in [0.5, 0.6) is 0 Å². The first-order valence-corrected chi connectivity index (χ1v) is 7.27. The predicted octanol–water partition coefficient (Wildman–Crippen LogP) is 3.67. The van der Waals surface area contributed by atoms with Gasteiger partial charge in [-0.05, 0) is 42.9 Å². The third-order valence-corrected chi connectivity index (χ3v) is 4.62. The summed E-state index contributed by atoms with van der Waals surface area (Å²) in [4.78, 5) is 12.3. The van der Waals surface area contributed by atoms with Crippen molar-refractivity contribution in [3.8, 4) is 0 Å². The molecule has 0 aliphatic heterocycles.